The number of hydrogen-bond acceptors (Lipinski definition) is 25. The Kier molecular flexibility index (Phi) is 29.7. The summed E-state index contributed by atoms with van der Waals surface area (Å²) in [6, 6.07) is 67.0. The van der Waals surface area contributed by atoms with Crippen molar-refractivity contribution >= 4 is 115 Å². The van der Waals surface area contributed by atoms with E-state index in [9.17, 15) is 24.0 Å². The Bertz CT molecular complexity index is 5960. The van der Waals surface area contributed by atoms with E-state index < -0.39 is 0 Å². The van der Waals surface area contributed by atoms with Crippen LogP contribution in [0.4, 0.5) is 86.0 Å². The van der Waals surface area contributed by atoms with Crippen LogP contribution in [0, 0.1) is 0 Å². The molecule has 0 radical (unpaired) electrons. The van der Waals surface area contributed by atoms with Gasteiger partial charge in [-0.25, -0.2) is 24.9 Å². The van der Waals surface area contributed by atoms with Gasteiger partial charge < -0.3 is 79.8 Å². The van der Waals surface area contributed by atoms with Gasteiger partial charge in [0, 0.05) is 242 Å². The quantitative estimate of drug-likeness (QED) is 0.0253. The fourth-order valence-electron chi connectivity index (χ4n) is 16.9. The lowest BCUT2D eigenvalue weighted by molar-refractivity contribution is 0.101. The van der Waals surface area contributed by atoms with Gasteiger partial charge in [-0.1, -0.05) is 99.6 Å². The monoisotopic (exact) mass is 1870 g/mol. The third-order valence-corrected chi connectivity index (χ3v) is 24.9. The Balaban J connectivity index is 0.000000126. The maximum atomic E-state index is 12.9. The van der Waals surface area contributed by atoms with Crippen LogP contribution in [0.15, 0.2) is 305 Å². The van der Waals surface area contributed by atoms with E-state index in [1.165, 1.54) is 27.8 Å². The van der Waals surface area contributed by atoms with E-state index in [1.807, 2.05) is 121 Å². The molecule has 0 fully saturated rings. The van der Waals surface area contributed by atoms with Crippen molar-refractivity contribution in [2.75, 3.05) is 112 Å². The zero-order valence-corrected chi connectivity index (χ0v) is 80.0. The summed E-state index contributed by atoms with van der Waals surface area (Å²) >= 11 is 0. The van der Waals surface area contributed by atoms with E-state index in [4.69, 9.17) is 0 Å². The molecule has 30 heteroatoms. The van der Waals surface area contributed by atoms with Gasteiger partial charge in [-0.2, -0.15) is 0 Å². The van der Waals surface area contributed by atoms with E-state index in [0.717, 1.165) is 117 Å². The molecule has 0 atom stereocenters. The minimum absolute atomic E-state index is 0.102. The zero-order chi connectivity index (χ0) is 97.8. The standard InChI is InChI=1S/5C22H23N5O/c5*1-22(2)14-26-19-12-16(5-6-18(19)22)27-21(28)17-4-3-9-24-20(17)25-13-15-7-10-23-11-8-15/h5*3-12,26H,13-14H2,1-2H3,(H,24,25)(H,27,28). The molecule has 0 unspecified atom stereocenters. The van der Waals surface area contributed by atoms with Crippen LogP contribution in [0.1, 0.15) is 177 Å². The molecule has 5 aliphatic rings. The van der Waals surface area contributed by atoms with Crippen molar-refractivity contribution in [3.63, 3.8) is 0 Å². The average Bonchev–Trinajstić information content (AvgIpc) is 1.66. The number of nitrogens with one attached hydrogen (secondary N) is 15. The van der Waals surface area contributed by atoms with Gasteiger partial charge in [-0.05, 0) is 238 Å². The van der Waals surface area contributed by atoms with Crippen molar-refractivity contribution in [1.29, 1.82) is 0 Å². The molecule has 0 saturated heterocycles. The topological polar surface area (TPSA) is 395 Å². The number of nitrogens with zero attached hydrogens (tertiary/aromatic N) is 10. The molecule has 140 heavy (non-hydrogen) atoms. The molecule has 0 aliphatic carbocycles. The predicted octanol–water partition coefficient (Wildman–Crippen LogP) is 20.2. The van der Waals surface area contributed by atoms with Gasteiger partial charge in [-0.3, -0.25) is 48.9 Å². The van der Waals surface area contributed by atoms with E-state index in [-0.39, 0.29) is 56.6 Å². The normalized spacial score (nSPS) is 14.1. The Morgan fingerprint density at radius 3 is 0.557 bits per heavy atom. The molecule has 20 rings (SSSR count). The van der Waals surface area contributed by atoms with Crippen molar-refractivity contribution in [3.8, 4) is 0 Å². The zero-order valence-electron chi connectivity index (χ0n) is 80.0. The van der Waals surface area contributed by atoms with Crippen molar-refractivity contribution in [2.45, 2.75) is 129 Å². The van der Waals surface area contributed by atoms with Gasteiger partial charge in [0.1, 0.15) is 29.1 Å². The molecule has 15 aromatic rings. The number of hydrogen-bond donors (Lipinski definition) is 15. The summed E-state index contributed by atoms with van der Waals surface area (Å²) in [5.41, 5.74) is 23.9. The molecule has 10 aromatic heterocycles. The van der Waals surface area contributed by atoms with Crippen molar-refractivity contribution in [3.05, 3.63) is 389 Å². The minimum atomic E-state index is -0.192. The van der Waals surface area contributed by atoms with Gasteiger partial charge in [-0.15, -0.1) is 0 Å². The van der Waals surface area contributed by atoms with Gasteiger partial charge in [0.2, 0.25) is 0 Å². The number of pyridine rings is 10. The highest BCUT2D eigenvalue weighted by molar-refractivity contribution is 6.11. The smallest absolute Gasteiger partial charge is 0.259 e. The van der Waals surface area contributed by atoms with Gasteiger partial charge in [0.15, 0.2) is 0 Å². The van der Waals surface area contributed by atoms with E-state index in [2.05, 4.69) is 229 Å². The summed E-state index contributed by atoms with van der Waals surface area (Å²) in [5, 5.41) is 48.2. The van der Waals surface area contributed by atoms with Crippen LogP contribution in [0.25, 0.3) is 0 Å². The molecule has 0 saturated carbocycles. The first-order chi connectivity index (χ1) is 67.6. The number of carbonyl (C=O) groups excluding carboxylic acids is 5. The average molecular weight is 1870 g/mol. The highest BCUT2D eigenvalue weighted by Crippen LogP contribution is 2.43. The Morgan fingerprint density at radius 2 is 0.393 bits per heavy atom. The largest absolute Gasteiger partial charge is 0.384 e. The summed E-state index contributed by atoms with van der Waals surface area (Å²) in [5.74, 6) is 1.80. The lowest BCUT2D eigenvalue weighted by atomic mass is 9.87. The van der Waals surface area contributed by atoms with Crippen molar-refractivity contribution in [2.24, 2.45) is 0 Å². The highest BCUT2D eigenvalue weighted by atomic mass is 16.2. The second-order valence-electron chi connectivity index (χ2n) is 37.8. The summed E-state index contributed by atoms with van der Waals surface area (Å²) in [6.07, 6.45) is 25.8. The first-order valence-electron chi connectivity index (χ1n) is 46.5. The summed E-state index contributed by atoms with van der Waals surface area (Å²) in [4.78, 5) is 106. The SMILES string of the molecule is CC1(C)CNc2cc(NC(=O)c3cccnc3NCc3ccncc3)ccc21.CC1(C)CNc2cc(NC(=O)c3cccnc3NCc3ccncc3)ccc21.CC1(C)CNc2cc(NC(=O)c3cccnc3NCc3ccncc3)ccc21.CC1(C)CNc2cc(NC(=O)c3cccnc3NCc3ccncc3)ccc21.CC1(C)CNc2cc(NC(=O)c3cccnc3NCc3ccncc3)ccc21. The number of anilines is 15. The second-order valence-corrected chi connectivity index (χ2v) is 37.8. The van der Waals surface area contributed by atoms with Crippen LogP contribution < -0.4 is 79.8 Å². The second kappa shape index (κ2) is 43.3. The molecule has 15 N–H and O–H groups in total. The third-order valence-electron chi connectivity index (χ3n) is 24.9. The molecule has 0 bridgehead atoms. The predicted molar refractivity (Wildman–Crippen MR) is 559 cm³/mol. The van der Waals surface area contributed by atoms with Crippen LogP contribution in [-0.2, 0) is 59.8 Å². The Labute approximate surface area is 814 Å². The summed E-state index contributed by atoms with van der Waals surface area (Å²) in [6.45, 7) is 29.4. The van der Waals surface area contributed by atoms with Crippen LogP contribution in [0.2, 0.25) is 0 Å². The van der Waals surface area contributed by atoms with E-state index in [1.54, 1.807) is 154 Å². The number of amides is 5. The molecular formula is C110H115N25O5. The van der Waals surface area contributed by atoms with Gasteiger partial charge in [0.25, 0.3) is 29.5 Å². The number of aromatic nitrogens is 10. The summed E-state index contributed by atoms with van der Waals surface area (Å²) in [7, 11) is 0. The first-order valence-corrected chi connectivity index (χ1v) is 46.5. The van der Waals surface area contributed by atoms with Gasteiger partial charge in [0.05, 0.1) is 27.8 Å². The van der Waals surface area contributed by atoms with E-state index >= 15 is 0 Å². The van der Waals surface area contributed by atoms with Crippen LogP contribution in [0.3, 0.4) is 0 Å². The maximum Gasteiger partial charge on any atom is 0.259 e. The maximum absolute atomic E-state index is 12.9. The van der Waals surface area contributed by atoms with Crippen LogP contribution in [0.5, 0.6) is 0 Å². The number of rotatable bonds is 25. The lowest BCUT2D eigenvalue weighted by Crippen LogP contribution is -2.18. The molecule has 710 valence electrons. The minimum Gasteiger partial charge on any atom is -0.384 e. The fourth-order valence-corrected chi connectivity index (χ4v) is 16.9. The molecule has 5 aliphatic heterocycles. The Morgan fingerprint density at radius 1 is 0.229 bits per heavy atom. The fraction of sp³-hybridized carbons (Fsp3) is 0.227. The lowest BCUT2D eigenvalue weighted by Gasteiger charge is -2.17. The molecular weight excluding hydrogens is 1750 g/mol. The molecule has 5 amide bonds. The van der Waals surface area contributed by atoms with Crippen molar-refractivity contribution < 1.29 is 24.0 Å². The first kappa shape index (κ1) is 96.1. The molecule has 15 heterocycles. The number of carbonyl (C=O) groups is 5. The Hall–Kier alpha value is -17.1. The molecule has 0 spiro atoms. The number of benzene rings is 5. The van der Waals surface area contributed by atoms with Crippen LogP contribution in [-0.4, -0.2) is 112 Å². The summed E-state index contributed by atoms with van der Waals surface area (Å²) < 4.78 is 0. The van der Waals surface area contributed by atoms with Crippen molar-refractivity contribution in [1.82, 2.24) is 49.8 Å². The van der Waals surface area contributed by atoms with Gasteiger partial charge >= 0.3 is 0 Å². The molecule has 30 nitrogen and oxygen atoms in total. The third kappa shape index (κ3) is 24.2. The van der Waals surface area contributed by atoms with E-state index in [0.29, 0.717) is 89.6 Å². The highest BCUT2D eigenvalue weighted by Gasteiger charge is 2.35. The molecule has 5 aromatic carbocycles. The van der Waals surface area contributed by atoms with Crippen LogP contribution >= 0.6 is 0 Å². The number of fused-ring (bicyclic) bond motifs is 5.